The number of hydrogen-bond donors (Lipinski definition) is 1. The first-order valence-electron chi connectivity index (χ1n) is 7.34. The van der Waals surface area contributed by atoms with Crippen molar-refractivity contribution in [3.05, 3.63) is 30.1 Å². The van der Waals surface area contributed by atoms with Crippen LogP contribution in [0, 0.1) is 0 Å². The fourth-order valence-electron chi connectivity index (χ4n) is 2.81. The minimum atomic E-state index is -2.97. The highest BCUT2D eigenvalue weighted by Crippen LogP contribution is 2.18. The summed E-state index contributed by atoms with van der Waals surface area (Å²) in [6, 6.07) is 7.54. The molecule has 3 rings (SSSR count). The number of amides is 1. The standard InChI is InChI=1S/C15H19N3O3S/c1-18(11-8-9-22(20,21)10-11)15(19)7-6-14-16-12-4-2-3-5-13(12)17-14/h2-5,11H,6-10H2,1H3,(H,16,17)/t11-/m0/s1. The van der Waals surface area contributed by atoms with Gasteiger partial charge < -0.3 is 9.88 Å². The molecule has 1 fully saturated rings. The number of imidazole rings is 1. The van der Waals surface area contributed by atoms with Crippen LogP contribution in [0.25, 0.3) is 11.0 Å². The largest absolute Gasteiger partial charge is 0.342 e. The number of carbonyl (C=O) groups excluding carboxylic acids is 1. The Labute approximate surface area is 129 Å². The van der Waals surface area contributed by atoms with E-state index in [0.29, 0.717) is 19.3 Å². The molecule has 1 amide bonds. The van der Waals surface area contributed by atoms with Gasteiger partial charge in [-0.3, -0.25) is 4.79 Å². The Morgan fingerprint density at radius 3 is 2.86 bits per heavy atom. The normalized spacial score (nSPS) is 20.3. The first-order chi connectivity index (χ1) is 10.4. The third kappa shape index (κ3) is 3.14. The second-order valence-corrected chi connectivity index (χ2v) is 7.99. The lowest BCUT2D eigenvalue weighted by atomic mass is 10.2. The number of carbonyl (C=O) groups is 1. The van der Waals surface area contributed by atoms with Gasteiger partial charge in [0.15, 0.2) is 9.84 Å². The SMILES string of the molecule is CN(C(=O)CCc1nc2ccccc2[nH]1)[C@H]1CCS(=O)(=O)C1. The predicted molar refractivity (Wildman–Crippen MR) is 84.2 cm³/mol. The molecule has 1 atom stereocenters. The summed E-state index contributed by atoms with van der Waals surface area (Å²) in [5.74, 6) is 1.00. The molecule has 1 N–H and O–H groups in total. The molecule has 22 heavy (non-hydrogen) atoms. The van der Waals surface area contributed by atoms with Crippen LogP contribution in [0.1, 0.15) is 18.7 Å². The third-order valence-corrected chi connectivity index (χ3v) is 5.91. The molecular formula is C15H19N3O3S. The van der Waals surface area contributed by atoms with Crippen LogP contribution in [0.2, 0.25) is 0 Å². The Morgan fingerprint density at radius 2 is 2.18 bits per heavy atom. The number of benzene rings is 1. The molecule has 1 aromatic heterocycles. The van der Waals surface area contributed by atoms with Crippen LogP contribution in [0.5, 0.6) is 0 Å². The Kier molecular flexibility index (Phi) is 3.90. The van der Waals surface area contributed by atoms with Crippen molar-refractivity contribution in [3.63, 3.8) is 0 Å². The van der Waals surface area contributed by atoms with E-state index in [1.807, 2.05) is 24.3 Å². The lowest BCUT2D eigenvalue weighted by molar-refractivity contribution is -0.131. The quantitative estimate of drug-likeness (QED) is 0.915. The molecule has 2 aromatic rings. The fourth-order valence-corrected chi connectivity index (χ4v) is 4.58. The second kappa shape index (κ2) is 5.72. The van der Waals surface area contributed by atoms with E-state index in [0.717, 1.165) is 16.9 Å². The van der Waals surface area contributed by atoms with Crippen molar-refractivity contribution in [2.24, 2.45) is 0 Å². The van der Waals surface area contributed by atoms with E-state index >= 15 is 0 Å². The number of aromatic amines is 1. The van der Waals surface area contributed by atoms with Crippen molar-refractivity contribution in [2.75, 3.05) is 18.6 Å². The minimum Gasteiger partial charge on any atom is -0.342 e. The summed E-state index contributed by atoms with van der Waals surface area (Å²) in [5.41, 5.74) is 1.85. The molecule has 1 aliphatic rings. The summed E-state index contributed by atoms with van der Waals surface area (Å²) in [6.45, 7) is 0. The number of rotatable bonds is 4. The molecule has 0 bridgehead atoms. The van der Waals surface area contributed by atoms with E-state index in [2.05, 4.69) is 9.97 Å². The highest BCUT2D eigenvalue weighted by molar-refractivity contribution is 7.91. The van der Waals surface area contributed by atoms with E-state index < -0.39 is 9.84 Å². The number of hydrogen-bond acceptors (Lipinski definition) is 4. The van der Waals surface area contributed by atoms with E-state index in [-0.39, 0.29) is 23.5 Å². The van der Waals surface area contributed by atoms with Crippen molar-refractivity contribution < 1.29 is 13.2 Å². The van der Waals surface area contributed by atoms with Crippen LogP contribution in [-0.4, -0.2) is 53.8 Å². The molecule has 0 saturated carbocycles. The molecule has 6 nitrogen and oxygen atoms in total. The summed E-state index contributed by atoms with van der Waals surface area (Å²) in [7, 11) is -1.28. The summed E-state index contributed by atoms with van der Waals surface area (Å²) in [4.78, 5) is 21.4. The number of nitrogens with one attached hydrogen (secondary N) is 1. The lowest BCUT2D eigenvalue weighted by Crippen LogP contribution is -2.37. The summed E-state index contributed by atoms with van der Waals surface area (Å²) in [5, 5.41) is 0. The molecule has 0 aliphatic carbocycles. The van der Waals surface area contributed by atoms with Gasteiger partial charge in [-0.1, -0.05) is 12.1 Å². The zero-order valence-electron chi connectivity index (χ0n) is 12.4. The van der Waals surface area contributed by atoms with E-state index in [1.165, 1.54) is 0 Å². The van der Waals surface area contributed by atoms with Crippen molar-refractivity contribution >= 4 is 26.8 Å². The number of aromatic nitrogens is 2. The highest BCUT2D eigenvalue weighted by Gasteiger charge is 2.32. The van der Waals surface area contributed by atoms with Gasteiger partial charge in [0.05, 0.1) is 22.5 Å². The lowest BCUT2D eigenvalue weighted by Gasteiger charge is -2.23. The molecule has 0 unspecified atom stereocenters. The Bertz CT molecular complexity index is 764. The minimum absolute atomic E-state index is 0.0393. The number of nitrogens with zero attached hydrogens (tertiary/aromatic N) is 2. The maximum absolute atomic E-state index is 12.2. The molecule has 1 saturated heterocycles. The maximum atomic E-state index is 12.2. The van der Waals surface area contributed by atoms with Crippen molar-refractivity contribution in [1.82, 2.24) is 14.9 Å². The fraction of sp³-hybridized carbons (Fsp3) is 0.467. The zero-order valence-corrected chi connectivity index (χ0v) is 13.3. The summed E-state index contributed by atoms with van der Waals surface area (Å²) < 4.78 is 23.0. The number of aryl methyl sites for hydroxylation is 1. The molecular weight excluding hydrogens is 302 g/mol. The molecule has 1 aromatic carbocycles. The van der Waals surface area contributed by atoms with Crippen LogP contribution in [0.4, 0.5) is 0 Å². The van der Waals surface area contributed by atoms with Crippen molar-refractivity contribution in [3.8, 4) is 0 Å². The van der Waals surface area contributed by atoms with Gasteiger partial charge in [-0.25, -0.2) is 13.4 Å². The average Bonchev–Trinajstić information content (AvgIpc) is 3.06. The van der Waals surface area contributed by atoms with Gasteiger partial charge in [0.1, 0.15) is 5.82 Å². The van der Waals surface area contributed by atoms with Crippen molar-refractivity contribution in [1.29, 1.82) is 0 Å². The number of sulfone groups is 1. The van der Waals surface area contributed by atoms with E-state index in [1.54, 1.807) is 11.9 Å². The first kappa shape index (κ1) is 15.0. The van der Waals surface area contributed by atoms with E-state index in [4.69, 9.17) is 0 Å². The average molecular weight is 321 g/mol. The van der Waals surface area contributed by atoms with Gasteiger partial charge in [0.25, 0.3) is 0 Å². The topological polar surface area (TPSA) is 83.1 Å². The first-order valence-corrected chi connectivity index (χ1v) is 9.16. The van der Waals surface area contributed by atoms with Crippen LogP contribution in [0.15, 0.2) is 24.3 Å². The van der Waals surface area contributed by atoms with Crippen LogP contribution >= 0.6 is 0 Å². The van der Waals surface area contributed by atoms with Gasteiger partial charge in [0, 0.05) is 25.9 Å². The van der Waals surface area contributed by atoms with Gasteiger partial charge in [-0.05, 0) is 18.6 Å². The third-order valence-electron chi connectivity index (χ3n) is 4.16. The Morgan fingerprint density at radius 1 is 1.41 bits per heavy atom. The molecule has 2 heterocycles. The Balaban J connectivity index is 1.60. The number of H-pyrrole nitrogens is 1. The molecule has 1 aliphatic heterocycles. The second-order valence-electron chi connectivity index (χ2n) is 5.76. The molecule has 0 radical (unpaired) electrons. The van der Waals surface area contributed by atoms with Crippen LogP contribution in [-0.2, 0) is 21.1 Å². The predicted octanol–water partition coefficient (Wildman–Crippen LogP) is 1.14. The summed E-state index contributed by atoms with van der Waals surface area (Å²) >= 11 is 0. The number of para-hydroxylation sites is 2. The van der Waals surface area contributed by atoms with Crippen molar-refractivity contribution in [2.45, 2.75) is 25.3 Å². The summed E-state index contributed by atoms with van der Waals surface area (Å²) in [6.07, 6.45) is 1.39. The Hall–Kier alpha value is -1.89. The van der Waals surface area contributed by atoms with Gasteiger partial charge in [0.2, 0.25) is 5.91 Å². The molecule has 0 spiro atoms. The van der Waals surface area contributed by atoms with Crippen LogP contribution in [0.3, 0.4) is 0 Å². The monoisotopic (exact) mass is 321 g/mol. The van der Waals surface area contributed by atoms with Gasteiger partial charge in [-0.15, -0.1) is 0 Å². The van der Waals surface area contributed by atoms with E-state index in [9.17, 15) is 13.2 Å². The highest BCUT2D eigenvalue weighted by atomic mass is 32.2. The van der Waals surface area contributed by atoms with Gasteiger partial charge >= 0.3 is 0 Å². The number of fused-ring (bicyclic) bond motifs is 1. The molecule has 118 valence electrons. The maximum Gasteiger partial charge on any atom is 0.223 e. The van der Waals surface area contributed by atoms with Crippen LogP contribution < -0.4 is 0 Å². The van der Waals surface area contributed by atoms with Gasteiger partial charge in [-0.2, -0.15) is 0 Å². The zero-order chi connectivity index (χ0) is 15.7. The smallest absolute Gasteiger partial charge is 0.223 e. The molecule has 7 heteroatoms.